The highest BCUT2D eigenvalue weighted by molar-refractivity contribution is 7.98. The number of aryl methyl sites for hydroxylation is 1. The summed E-state index contributed by atoms with van der Waals surface area (Å²) in [5, 5.41) is 2.79. The number of hydrogen-bond donors (Lipinski definition) is 2. The second-order valence-electron chi connectivity index (χ2n) is 3.65. The van der Waals surface area contributed by atoms with Crippen molar-refractivity contribution < 1.29 is 4.79 Å². The highest BCUT2D eigenvalue weighted by Gasteiger charge is 2.13. The van der Waals surface area contributed by atoms with Gasteiger partial charge in [-0.05, 0) is 31.4 Å². The molecule has 1 heterocycles. The molecule has 18 heavy (non-hydrogen) atoms. The number of thiazole rings is 1. The van der Waals surface area contributed by atoms with Crippen LogP contribution in [0, 0.1) is 6.92 Å². The molecule has 0 bridgehead atoms. The third-order valence-corrected chi connectivity index (χ3v) is 4.07. The van der Waals surface area contributed by atoms with Crippen molar-refractivity contribution in [3.8, 4) is 0 Å². The number of rotatable bonds is 3. The maximum atomic E-state index is 12.0. The van der Waals surface area contributed by atoms with Gasteiger partial charge in [0.2, 0.25) is 0 Å². The Bertz CT molecular complexity index is 631. The van der Waals surface area contributed by atoms with Gasteiger partial charge in [-0.1, -0.05) is 17.4 Å². The molecule has 0 aliphatic carbocycles. The Balaban J connectivity index is 2.21. The molecule has 1 amide bonds. The van der Waals surface area contributed by atoms with E-state index in [-0.39, 0.29) is 10.8 Å². The molecular weight excluding hydrogens is 268 g/mol. The molecule has 0 fully saturated rings. The van der Waals surface area contributed by atoms with Crippen LogP contribution < -0.4 is 10.2 Å². The molecule has 0 radical (unpaired) electrons. The number of carbonyl (C=O) groups is 1. The summed E-state index contributed by atoms with van der Waals surface area (Å²) in [5.74, 6) is -0.255. The molecule has 0 aliphatic heterocycles. The van der Waals surface area contributed by atoms with Gasteiger partial charge in [0.1, 0.15) is 4.88 Å². The summed E-state index contributed by atoms with van der Waals surface area (Å²) in [6.45, 7) is 1.71. The van der Waals surface area contributed by atoms with Crippen LogP contribution in [0.15, 0.2) is 34.0 Å². The van der Waals surface area contributed by atoms with Crippen LogP contribution in [-0.2, 0) is 0 Å². The summed E-state index contributed by atoms with van der Waals surface area (Å²) >= 11 is 2.53. The van der Waals surface area contributed by atoms with E-state index in [4.69, 9.17) is 0 Å². The van der Waals surface area contributed by atoms with Gasteiger partial charge in [0.25, 0.3) is 5.91 Å². The van der Waals surface area contributed by atoms with Crippen molar-refractivity contribution in [3.63, 3.8) is 0 Å². The average molecular weight is 280 g/mol. The highest BCUT2D eigenvalue weighted by atomic mass is 32.2. The molecule has 2 aromatic rings. The van der Waals surface area contributed by atoms with E-state index in [9.17, 15) is 9.59 Å². The first-order valence-electron chi connectivity index (χ1n) is 5.25. The number of hydrogen-bond acceptors (Lipinski definition) is 4. The maximum absolute atomic E-state index is 12.0. The lowest BCUT2D eigenvalue weighted by Gasteiger charge is -2.05. The zero-order valence-electron chi connectivity index (χ0n) is 9.94. The van der Waals surface area contributed by atoms with Crippen molar-refractivity contribution in [3.05, 3.63) is 44.5 Å². The van der Waals surface area contributed by atoms with Gasteiger partial charge in [0.15, 0.2) is 0 Å². The molecule has 0 saturated carbocycles. The molecule has 1 aromatic heterocycles. The molecule has 94 valence electrons. The zero-order valence-corrected chi connectivity index (χ0v) is 11.6. The first-order chi connectivity index (χ1) is 8.60. The largest absolute Gasteiger partial charge is 0.321 e. The summed E-state index contributed by atoms with van der Waals surface area (Å²) in [6, 6.07) is 7.57. The van der Waals surface area contributed by atoms with E-state index in [0.29, 0.717) is 10.6 Å². The Hall–Kier alpha value is -1.53. The SMILES string of the molecule is CSc1cccc(NC(=O)c2sc(=O)[nH]c2C)c1. The molecule has 1 aromatic carbocycles. The number of anilines is 1. The van der Waals surface area contributed by atoms with Crippen LogP contribution in [0.2, 0.25) is 0 Å². The van der Waals surface area contributed by atoms with Gasteiger partial charge in [-0.15, -0.1) is 11.8 Å². The fourth-order valence-electron chi connectivity index (χ4n) is 1.51. The third kappa shape index (κ3) is 2.83. The number of aromatic amines is 1. The van der Waals surface area contributed by atoms with E-state index in [2.05, 4.69) is 10.3 Å². The summed E-state index contributed by atoms with van der Waals surface area (Å²) in [4.78, 5) is 27.0. The summed E-state index contributed by atoms with van der Waals surface area (Å²) in [6.07, 6.45) is 1.98. The fourth-order valence-corrected chi connectivity index (χ4v) is 2.71. The van der Waals surface area contributed by atoms with Crippen molar-refractivity contribution >= 4 is 34.7 Å². The van der Waals surface area contributed by atoms with Crippen molar-refractivity contribution in [2.24, 2.45) is 0 Å². The van der Waals surface area contributed by atoms with Crippen LogP contribution in [0.5, 0.6) is 0 Å². The molecule has 2 N–H and O–H groups in total. The number of amides is 1. The molecular formula is C12H12N2O2S2. The standard InChI is InChI=1S/C12H12N2O2S2/c1-7-10(18-12(16)13-7)11(15)14-8-4-3-5-9(6-8)17-2/h3-6H,1-2H3,(H,13,16)(H,14,15). The summed E-state index contributed by atoms with van der Waals surface area (Å²) < 4.78 is 0. The third-order valence-electron chi connectivity index (χ3n) is 2.36. The normalized spacial score (nSPS) is 10.3. The van der Waals surface area contributed by atoms with Gasteiger partial charge in [-0.2, -0.15) is 0 Å². The van der Waals surface area contributed by atoms with Crippen LogP contribution in [0.3, 0.4) is 0 Å². The van der Waals surface area contributed by atoms with E-state index in [1.165, 1.54) is 0 Å². The lowest BCUT2D eigenvalue weighted by molar-refractivity contribution is 0.103. The minimum atomic E-state index is -0.255. The fraction of sp³-hybridized carbons (Fsp3) is 0.167. The van der Waals surface area contributed by atoms with Crippen LogP contribution in [-0.4, -0.2) is 17.1 Å². The highest BCUT2D eigenvalue weighted by Crippen LogP contribution is 2.20. The van der Waals surface area contributed by atoms with E-state index in [1.807, 2.05) is 30.5 Å². The van der Waals surface area contributed by atoms with Crippen molar-refractivity contribution in [1.29, 1.82) is 0 Å². The number of H-pyrrole nitrogens is 1. The van der Waals surface area contributed by atoms with Crippen molar-refractivity contribution in [2.75, 3.05) is 11.6 Å². The Morgan fingerprint density at radius 1 is 1.44 bits per heavy atom. The quantitative estimate of drug-likeness (QED) is 0.850. The zero-order chi connectivity index (χ0) is 13.1. The second kappa shape index (κ2) is 5.41. The van der Waals surface area contributed by atoms with Crippen LogP contribution in [0.4, 0.5) is 5.69 Å². The molecule has 0 aliphatic rings. The minimum Gasteiger partial charge on any atom is -0.321 e. The van der Waals surface area contributed by atoms with Crippen LogP contribution >= 0.6 is 23.1 Å². The number of thioether (sulfide) groups is 1. The molecule has 0 unspecified atom stereocenters. The van der Waals surface area contributed by atoms with Gasteiger partial charge in [-0.25, -0.2) is 0 Å². The number of nitrogens with one attached hydrogen (secondary N) is 2. The Labute approximate surface area is 112 Å². The Morgan fingerprint density at radius 2 is 2.22 bits per heavy atom. The minimum absolute atomic E-state index is 0.212. The Kier molecular flexibility index (Phi) is 3.88. The van der Waals surface area contributed by atoms with E-state index < -0.39 is 0 Å². The lowest BCUT2D eigenvalue weighted by atomic mass is 10.3. The lowest BCUT2D eigenvalue weighted by Crippen LogP contribution is -2.11. The molecule has 0 saturated heterocycles. The van der Waals surface area contributed by atoms with Crippen molar-refractivity contribution in [1.82, 2.24) is 4.98 Å². The van der Waals surface area contributed by atoms with Gasteiger partial charge in [0.05, 0.1) is 0 Å². The number of carbonyl (C=O) groups excluding carboxylic acids is 1. The average Bonchev–Trinajstić information content (AvgIpc) is 2.69. The van der Waals surface area contributed by atoms with Crippen LogP contribution in [0.25, 0.3) is 0 Å². The molecule has 0 atom stereocenters. The van der Waals surface area contributed by atoms with E-state index in [0.717, 1.165) is 21.9 Å². The van der Waals surface area contributed by atoms with E-state index >= 15 is 0 Å². The Morgan fingerprint density at radius 3 is 2.83 bits per heavy atom. The number of benzene rings is 1. The van der Waals surface area contributed by atoms with Gasteiger partial charge in [0, 0.05) is 16.3 Å². The smallest absolute Gasteiger partial charge is 0.305 e. The predicted octanol–water partition coefficient (Wildman–Crippen LogP) is 2.72. The van der Waals surface area contributed by atoms with Gasteiger partial charge in [-0.3, -0.25) is 9.59 Å². The first kappa shape index (κ1) is 12.9. The van der Waals surface area contributed by atoms with Gasteiger partial charge >= 0.3 is 4.87 Å². The first-order valence-corrected chi connectivity index (χ1v) is 7.29. The molecule has 2 rings (SSSR count). The maximum Gasteiger partial charge on any atom is 0.305 e. The summed E-state index contributed by atoms with van der Waals surface area (Å²) in [7, 11) is 0. The topological polar surface area (TPSA) is 62.0 Å². The summed E-state index contributed by atoms with van der Waals surface area (Å²) in [5.41, 5.74) is 1.33. The van der Waals surface area contributed by atoms with Crippen LogP contribution in [0.1, 0.15) is 15.4 Å². The van der Waals surface area contributed by atoms with Crippen molar-refractivity contribution in [2.45, 2.75) is 11.8 Å². The molecule has 4 nitrogen and oxygen atoms in total. The monoisotopic (exact) mass is 280 g/mol. The number of aromatic nitrogens is 1. The van der Waals surface area contributed by atoms with E-state index in [1.54, 1.807) is 18.7 Å². The van der Waals surface area contributed by atoms with Gasteiger partial charge < -0.3 is 10.3 Å². The molecule has 6 heteroatoms. The second-order valence-corrected chi connectivity index (χ2v) is 5.52. The molecule has 0 spiro atoms. The predicted molar refractivity (Wildman–Crippen MR) is 75.9 cm³/mol.